The summed E-state index contributed by atoms with van der Waals surface area (Å²) >= 11 is 6.61. The predicted molar refractivity (Wildman–Crippen MR) is 142 cm³/mol. The molecular weight excluding hydrogens is 478 g/mol. The highest BCUT2D eigenvalue weighted by Crippen LogP contribution is 2.39. The SMILES string of the molecule is CC(C)(C)Cn1cc2c(Oc3ccc(Nc4ncnc5ccn(CCO)c45)cc3Cl)cccc2c1O. The number of nitrogens with zero attached hydrogens (tertiary/aromatic N) is 4. The van der Waals surface area contributed by atoms with Gasteiger partial charge in [0, 0.05) is 41.9 Å². The Hall–Kier alpha value is -3.75. The van der Waals surface area contributed by atoms with Crippen LogP contribution >= 0.6 is 11.6 Å². The van der Waals surface area contributed by atoms with E-state index < -0.39 is 0 Å². The first kappa shape index (κ1) is 24.0. The predicted octanol–water partition coefficient (Wildman–Crippen LogP) is 6.32. The minimum absolute atomic E-state index is 0.00859. The maximum absolute atomic E-state index is 10.7. The number of hydrogen-bond acceptors (Lipinski definition) is 6. The lowest BCUT2D eigenvalue weighted by Crippen LogP contribution is -2.14. The molecule has 0 aliphatic heterocycles. The fourth-order valence-electron chi connectivity index (χ4n) is 4.30. The van der Waals surface area contributed by atoms with Crippen LogP contribution in [0.5, 0.6) is 17.4 Å². The van der Waals surface area contributed by atoms with Crippen molar-refractivity contribution in [1.82, 2.24) is 19.1 Å². The van der Waals surface area contributed by atoms with Gasteiger partial charge in [-0.2, -0.15) is 0 Å². The molecule has 0 saturated carbocycles. The number of aliphatic hydroxyl groups is 1. The van der Waals surface area contributed by atoms with E-state index in [0.717, 1.165) is 27.5 Å². The first-order chi connectivity index (χ1) is 17.2. The van der Waals surface area contributed by atoms with Crippen LogP contribution < -0.4 is 10.1 Å². The molecule has 186 valence electrons. The van der Waals surface area contributed by atoms with Gasteiger partial charge in [-0.25, -0.2) is 9.97 Å². The van der Waals surface area contributed by atoms with Crippen LogP contribution in [0.25, 0.3) is 21.8 Å². The molecule has 0 spiro atoms. The van der Waals surface area contributed by atoms with Crippen molar-refractivity contribution in [3.8, 4) is 17.4 Å². The Morgan fingerprint density at radius 1 is 1.03 bits per heavy atom. The average Bonchev–Trinajstić information content (AvgIpc) is 3.37. The zero-order valence-corrected chi connectivity index (χ0v) is 21.1. The van der Waals surface area contributed by atoms with Crippen molar-refractivity contribution in [3.05, 3.63) is 66.2 Å². The van der Waals surface area contributed by atoms with Gasteiger partial charge in [-0.3, -0.25) is 0 Å². The number of aromatic nitrogens is 4. The average molecular weight is 506 g/mol. The Balaban J connectivity index is 1.42. The quantitative estimate of drug-likeness (QED) is 0.239. The van der Waals surface area contributed by atoms with Crippen molar-refractivity contribution in [2.45, 2.75) is 33.9 Å². The largest absolute Gasteiger partial charge is 0.494 e. The highest BCUT2D eigenvalue weighted by atomic mass is 35.5. The molecule has 2 aromatic carbocycles. The summed E-state index contributed by atoms with van der Waals surface area (Å²) in [7, 11) is 0. The van der Waals surface area contributed by atoms with Gasteiger partial charge < -0.3 is 29.4 Å². The van der Waals surface area contributed by atoms with Crippen molar-refractivity contribution in [2.75, 3.05) is 11.9 Å². The monoisotopic (exact) mass is 505 g/mol. The Labute approximate surface area is 213 Å². The summed E-state index contributed by atoms with van der Waals surface area (Å²) in [6.45, 7) is 7.50. The van der Waals surface area contributed by atoms with Crippen LogP contribution in [-0.4, -0.2) is 35.9 Å². The van der Waals surface area contributed by atoms with Crippen LogP contribution in [-0.2, 0) is 13.1 Å². The first-order valence-corrected chi connectivity index (χ1v) is 12.1. The summed E-state index contributed by atoms with van der Waals surface area (Å²) < 4.78 is 9.94. The standard InChI is InChI=1S/C27H28ClN5O3/c1-27(2,3)15-33-14-19-18(26(33)35)5-4-6-22(19)36-23-8-7-17(13-20(23)28)31-25-24-21(29-16-30-25)9-10-32(24)11-12-34/h4-10,13-14,16,34-35H,11-12,15H2,1-3H3,(H,29,30,31). The van der Waals surface area contributed by atoms with Gasteiger partial charge in [-0.05, 0) is 41.8 Å². The Morgan fingerprint density at radius 3 is 2.61 bits per heavy atom. The number of rotatable bonds is 7. The maximum Gasteiger partial charge on any atom is 0.199 e. The van der Waals surface area contributed by atoms with E-state index in [1.54, 1.807) is 12.1 Å². The molecule has 36 heavy (non-hydrogen) atoms. The maximum atomic E-state index is 10.7. The lowest BCUT2D eigenvalue weighted by atomic mass is 9.97. The third-order valence-corrected chi connectivity index (χ3v) is 6.11. The number of ether oxygens (including phenoxy) is 1. The second-order valence-corrected chi connectivity index (χ2v) is 10.3. The van der Waals surface area contributed by atoms with Gasteiger partial charge in [0.25, 0.3) is 0 Å². The number of anilines is 2. The second-order valence-electron chi connectivity index (χ2n) is 9.92. The van der Waals surface area contributed by atoms with Crippen LogP contribution in [0.4, 0.5) is 11.5 Å². The molecule has 0 atom stereocenters. The molecule has 3 heterocycles. The molecule has 0 saturated heterocycles. The van der Waals surface area contributed by atoms with Gasteiger partial charge in [0.2, 0.25) is 0 Å². The zero-order chi connectivity index (χ0) is 25.4. The molecule has 5 rings (SSSR count). The van der Waals surface area contributed by atoms with E-state index in [-0.39, 0.29) is 17.9 Å². The van der Waals surface area contributed by atoms with Crippen LogP contribution in [0.15, 0.2) is 61.2 Å². The number of benzene rings is 2. The van der Waals surface area contributed by atoms with Crippen LogP contribution in [0.2, 0.25) is 5.02 Å². The molecule has 0 aliphatic rings. The summed E-state index contributed by atoms with van der Waals surface area (Å²) in [4.78, 5) is 8.68. The molecule has 3 N–H and O–H groups in total. The third kappa shape index (κ3) is 4.69. The highest BCUT2D eigenvalue weighted by molar-refractivity contribution is 6.32. The van der Waals surface area contributed by atoms with Crippen LogP contribution in [0.3, 0.4) is 0 Å². The Morgan fingerprint density at radius 2 is 1.86 bits per heavy atom. The molecule has 3 aromatic heterocycles. The molecule has 0 radical (unpaired) electrons. The van der Waals surface area contributed by atoms with Gasteiger partial charge in [0.1, 0.15) is 23.3 Å². The van der Waals surface area contributed by atoms with Gasteiger partial charge in [0.15, 0.2) is 11.7 Å². The van der Waals surface area contributed by atoms with E-state index in [1.165, 1.54) is 6.33 Å². The number of aromatic hydroxyl groups is 1. The first-order valence-electron chi connectivity index (χ1n) is 11.7. The summed E-state index contributed by atoms with van der Waals surface area (Å²) in [5.74, 6) is 1.94. The normalized spacial score (nSPS) is 11.9. The summed E-state index contributed by atoms with van der Waals surface area (Å²) in [5, 5.41) is 25.4. The number of fused-ring (bicyclic) bond motifs is 2. The minimum Gasteiger partial charge on any atom is -0.494 e. The minimum atomic E-state index is 0.00859. The summed E-state index contributed by atoms with van der Waals surface area (Å²) in [6, 6.07) is 12.9. The van der Waals surface area contributed by atoms with Gasteiger partial charge in [-0.1, -0.05) is 38.4 Å². The fourth-order valence-corrected chi connectivity index (χ4v) is 4.52. The number of aliphatic hydroxyl groups excluding tert-OH is 1. The molecule has 8 nitrogen and oxygen atoms in total. The molecule has 0 amide bonds. The third-order valence-electron chi connectivity index (χ3n) is 5.81. The molecule has 0 unspecified atom stereocenters. The topological polar surface area (TPSA) is 97.4 Å². The van der Waals surface area contributed by atoms with Crippen molar-refractivity contribution in [1.29, 1.82) is 0 Å². The van der Waals surface area contributed by atoms with E-state index >= 15 is 0 Å². The number of hydrogen-bond donors (Lipinski definition) is 3. The van der Waals surface area contributed by atoms with E-state index in [1.807, 2.05) is 51.9 Å². The smallest absolute Gasteiger partial charge is 0.199 e. The Kier molecular flexibility index (Phi) is 6.24. The molecule has 0 aliphatic carbocycles. The van der Waals surface area contributed by atoms with Crippen LogP contribution in [0.1, 0.15) is 20.8 Å². The molecular formula is C27H28ClN5O3. The second kappa shape index (κ2) is 9.37. The Bertz CT molecular complexity index is 1550. The van der Waals surface area contributed by atoms with Crippen molar-refractivity contribution < 1.29 is 14.9 Å². The van der Waals surface area contributed by atoms with Gasteiger partial charge >= 0.3 is 0 Å². The summed E-state index contributed by atoms with van der Waals surface area (Å²) in [6.07, 6.45) is 5.28. The highest BCUT2D eigenvalue weighted by Gasteiger charge is 2.18. The van der Waals surface area contributed by atoms with E-state index in [4.69, 9.17) is 16.3 Å². The molecule has 5 aromatic rings. The van der Waals surface area contributed by atoms with E-state index in [9.17, 15) is 10.2 Å². The molecule has 0 fully saturated rings. The van der Waals surface area contributed by atoms with Crippen molar-refractivity contribution in [2.24, 2.45) is 5.41 Å². The van der Waals surface area contributed by atoms with E-state index in [2.05, 4.69) is 36.1 Å². The lowest BCUT2D eigenvalue weighted by molar-refractivity contribution is 0.278. The van der Waals surface area contributed by atoms with Crippen LogP contribution in [0, 0.1) is 5.41 Å². The lowest BCUT2D eigenvalue weighted by Gasteiger charge is -2.19. The van der Waals surface area contributed by atoms with Gasteiger partial charge in [-0.15, -0.1) is 0 Å². The van der Waals surface area contributed by atoms with E-state index in [0.29, 0.717) is 35.4 Å². The van der Waals surface area contributed by atoms with Crippen molar-refractivity contribution in [3.63, 3.8) is 0 Å². The summed E-state index contributed by atoms with van der Waals surface area (Å²) in [5.41, 5.74) is 2.32. The number of halogens is 1. The molecule has 9 heteroatoms. The number of nitrogens with one attached hydrogen (secondary N) is 1. The fraction of sp³-hybridized carbons (Fsp3) is 0.259. The molecule has 0 bridgehead atoms. The van der Waals surface area contributed by atoms with Gasteiger partial charge in [0.05, 0.1) is 17.1 Å². The van der Waals surface area contributed by atoms with Crippen molar-refractivity contribution >= 4 is 44.9 Å². The zero-order valence-electron chi connectivity index (χ0n) is 20.4.